The Balaban J connectivity index is 2.07. The minimum Gasteiger partial charge on any atom is -0.478 e. The Labute approximate surface area is 123 Å². The molecule has 1 aliphatic rings. The summed E-state index contributed by atoms with van der Waals surface area (Å²) < 4.78 is 0. The SMILES string of the molecule is O=C(O)c1cccc(NC(=O)N(CCO)C2CCCC2)c1. The smallest absolute Gasteiger partial charge is 0.335 e. The number of carboxylic acid groups (broad SMARTS) is 1. The van der Waals surface area contributed by atoms with E-state index in [1.807, 2.05) is 0 Å². The largest absolute Gasteiger partial charge is 0.478 e. The molecule has 0 atom stereocenters. The number of carboxylic acids is 1. The van der Waals surface area contributed by atoms with Crippen LogP contribution in [0.1, 0.15) is 36.0 Å². The van der Waals surface area contributed by atoms with Gasteiger partial charge in [-0.1, -0.05) is 18.9 Å². The summed E-state index contributed by atoms with van der Waals surface area (Å²) in [5, 5.41) is 20.8. The maximum Gasteiger partial charge on any atom is 0.335 e. The second kappa shape index (κ2) is 7.08. The van der Waals surface area contributed by atoms with Crippen LogP contribution in [0.3, 0.4) is 0 Å². The van der Waals surface area contributed by atoms with Gasteiger partial charge in [-0.15, -0.1) is 0 Å². The number of hydrogen-bond donors (Lipinski definition) is 3. The van der Waals surface area contributed by atoms with Gasteiger partial charge in [0.25, 0.3) is 0 Å². The van der Waals surface area contributed by atoms with Gasteiger partial charge in [0, 0.05) is 18.3 Å². The van der Waals surface area contributed by atoms with Crippen LogP contribution in [-0.2, 0) is 0 Å². The number of carbonyl (C=O) groups is 2. The number of nitrogens with zero attached hydrogens (tertiary/aromatic N) is 1. The third kappa shape index (κ3) is 3.95. The molecular formula is C15H20N2O4. The van der Waals surface area contributed by atoms with Gasteiger partial charge >= 0.3 is 12.0 Å². The zero-order valence-electron chi connectivity index (χ0n) is 11.8. The maximum absolute atomic E-state index is 12.3. The van der Waals surface area contributed by atoms with Gasteiger partial charge in [0.05, 0.1) is 12.2 Å². The quantitative estimate of drug-likeness (QED) is 0.775. The average Bonchev–Trinajstić information content (AvgIpc) is 2.98. The first-order valence-electron chi connectivity index (χ1n) is 7.13. The van der Waals surface area contributed by atoms with Gasteiger partial charge in [0.15, 0.2) is 0 Å². The summed E-state index contributed by atoms with van der Waals surface area (Å²) in [4.78, 5) is 24.9. The first-order valence-corrected chi connectivity index (χ1v) is 7.13. The molecule has 1 aliphatic carbocycles. The van der Waals surface area contributed by atoms with Crippen LogP contribution in [0.2, 0.25) is 0 Å². The lowest BCUT2D eigenvalue weighted by molar-refractivity contribution is 0.0697. The van der Waals surface area contributed by atoms with Crippen molar-refractivity contribution in [1.82, 2.24) is 4.90 Å². The van der Waals surface area contributed by atoms with Crippen molar-refractivity contribution >= 4 is 17.7 Å². The van der Waals surface area contributed by atoms with Crippen LogP contribution in [-0.4, -0.2) is 46.3 Å². The van der Waals surface area contributed by atoms with Crippen molar-refractivity contribution in [2.24, 2.45) is 0 Å². The van der Waals surface area contributed by atoms with E-state index >= 15 is 0 Å². The summed E-state index contributed by atoms with van der Waals surface area (Å²) in [5.41, 5.74) is 0.572. The molecule has 0 bridgehead atoms. The number of hydrogen-bond acceptors (Lipinski definition) is 3. The van der Waals surface area contributed by atoms with E-state index in [9.17, 15) is 9.59 Å². The van der Waals surface area contributed by atoms with Crippen molar-refractivity contribution in [2.45, 2.75) is 31.7 Å². The van der Waals surface area contributed by atoms with Gasteiger partial charge < -0.3 is 20.4 Å². The van der Waals surface area contributed by atoms with Crippen LogP contribution in [0.5, 0.6) is 0 Å². The predicted octanol–water partition coefficient (Wildman–Crippen LogP) is 2.15. The highest BCUT2D eigenvalue weighted by atomic mass is 16.4. The molecule has 6 nitrogen and oxygen atoms in total. The summed E-state index contributed by atoms with van der Waals surface area (Å²) in [6.07, 6.45) is 4.08. The lowest BCUT2D eigenvalue weighted by Gasteiger charge is -2.28. The maximum atomic E-state index is 12.3. The number of aromatic carboxylic acids is 1. The van der Waals surface area contributed by atoms with Crippen molar-refractivity contribution in [1.29, 1.82) is 0 Å². The number of benzene rings is 1. The first kappa shape index (κ1) is 15.3. The van der Waals surface area contributed by atoms with E-state index in [-0.39, 0.29) is 30.8 Å². The number of aliphatic hydroxyl groups excluding tert-OH is 1. The molecule has 0 saturated heterocycles. The molecule has 0 aliphatic heterocycles. The molecule has 3 N–H and O–H groups in total. The summed E-state index contributed by atoms with van der Waals surface area (Å²) in [7, 11) is 0. The topological polar surface area (TPSA) is 89.9 Å². The lowest BCUT2D eigenvalue weighted by Crippen LogP contribution is -2.43. The Kier molecular flexibility index (Phi) is 5.16. The third-order valence-corrected chi connectivity index (χ3v) is 3.73. The van der Waals surface area contributed by atoms with Crippen LogP contribution in [0, 0.1) is 0 Å². The Morgan fingerprint density at radius 1 is 1.29 bits per heavy atom. The molecule has 2 rings (SSSR count). The molecule has 1 saturated carbocycles. The molecule has 0 unspecified atom stereocenters. The summed E-state index contributed by atoms with van der Waals surface area (Å²) in [6.45, 7) is 0.203. The number of nitrogens with one attached hydrogen (secondary N) is 1. The Hall–Kier alpha value is -2.08. The molecule has 6 heteroatoms. The first-order chi connectivity index (χ1) is 10.1. The van der Waals surface area contributed by atoms with Gasteiger partial charge in [0.1, 0.15) is 0 Å². The number of rotatable bonds is 5. The second-order valence-corrected chi connectivity index (χ2v) is 5.17. The molecule has 21 heavy (non-hydrogen) atoms. The normalized spacial score (nSPS) is 14.9. The fraction of sp³-hybridized carbons (Fsp3) is 0.467. The van der Waals surface area contributed by atoms with E-state index in [4.69, 9.17) is 10.2 Å². The molecule has 0 radical (unpaired) electrons. The fourth-order valence-corrected chi connectivity index (χ4v) is 2.70. The van der Waals surface area contributed by atoms with E-state index in [0.717, 1.165) is 25.7 Å². The minimum absolute atomic E-state index is 0.0842. The zero-order chi connectivity index (χ0) is 15.2. The standard InChI is InChI=1S/C15H20N2O4/c18-9-8-17(13-6-1-2-7-13)15(21)16-12-5-3-4-11(10-12)14(19)20/h3-5,10,13,18H,1-2,6-9H2,(H,16,21)(H,19,20). The van der Waals surface area contributed by atoms with Crippen LogP contribution < -0.4 is 5.32 Å². The van der Waals surface area contributed by atoms with Crippen molar-refractivity contribution in [3.05, 3.63) is 29.8 Å². The number of aliphatic hydroxyl groups is 1. The summed E-state index contributed by atoms with van der Waals surface area (Å²) in [6, 6.07) is 5.99. The van der Waals surface area contributed by atoms with Crippen molar-refractivity contribution in [3.63, 3.8) is 0 Å². The number of anilines is 1. The molecule has 2 amide bonds. The minimum atomic E-state index is -1.03. The molecule has 0 heterocycles. The molecule has 0 spiro atoms. The summed E-state index contributed by atoms with van der Waals surface area (Å²) in [5.74, 6) is -1.03. The van der Waals surface area contributed by atoms with E-state index in [1.54, 1.807) is 17.0 Å². The molecule has 1 aromatic carbocycles. The fourth-order valence-electron chi connectivity index (χ4n) is 2.70. The monoisotopic (exact) mass is 292 g/mol. The van der Waals surface area contributed by atoms with Gasteiger partial charge in [-0.05, 0) is 31.0 Å². The highest BCUT2D eigenvalue weighted by Crippen LogP contribution is 2.24. The number of urea groups is 1. The average molecular weight is 292 g/mol. The Bertz CT molecular complexity index is 512. The molecular weight excluding hydrogens is 272 g/mol. The Morgan fingerprint density at radius 2 is 2.00 bits per heavy atom. The van der Waals surface area contributed by atoms with Crippen LogP contribution >= 0.6 is 0 Å². The number of carbonyl (C=O) groups excluding carboxylic acids is 1. The van der Waals surface area contributed by atoms with E-state index in [1.165, 1.54) is 12.1 Å². The van der Waals surface area contributed by atoms with Crippen molar-refractivity contribution in [3.8, 4) is 0 Å². The van der Waals surface area contributed by atoms with Crippen LogP contribution in [0.15, 0.2) is 24.3 Å². The van der Waals surface area contributed by atoms with Crippen molar-refractivity contribution < 1.29 is 19.8 Å². The van der Waals surface area contributed by atoms with E-state index in [0.29, 0.717) is 5.69 Å². The zero-order valence-corrected chi connectivity index (χ0v) is 11.8. The van der Waals surface area contributed by atoms with Gasteiger partial charge in [-0.3, -0.25) is 0 Å². The molecule has 1 aromatic rings. The second-order valence-electron chi connectivity index (χ2n) is 5.17. The van der Waals surface area contributed by atoms with Gasteiger partial charge in [0.2, 0.25) is 0 Å². The predicted molar refractivity (Wildman–Crippen MR) is 78.5 cm³/mol. The number of amides is 2. The molecule has 114 valence electrons. The highest BCUT2D eigenvalue weighted by Gasteiger charge is 2.26. The third-order valence-electron chi connectivity index (χ3n) is 3.73. The summed E-state index contributed by atoms with van der Waals surface area (Å²) >= 11 is 0. The van der Waals surface area contributed by atoms with Crippen molar-refractivity contribution in [2.75, 3.05) is 18.5 Å². The van der Waals surface area contributed by atoms with E-state index in [2.05, 4.69) is 5.32 Å². The van der Waals surface area contributed by atoms with Gasteiger partial charge in [-0.2, -0.15) is 0 Å². The Morgan fingerprint density at radius 3 is 2.62 bits per heavy atom. The van der Waals surface area contributed by atoms with Crippen LogP contribution in [0.25, 0.3) is 0 Å². The lowest BCUT2D eigenvalue weighted by atomic mass is 10.2. The molecule has 0 aromatic heterocycles. The van der Waals surface area contributed by atoms with Gasteiger partial charge in [-0.25, -0.2) is 9.59 Å². The van der Waals surface area contributed by atoms with Crippen LogP contribution in [0.4, 0.5) is 10.5 Å². The van der Waals surface area contributed by atoms with E-state index < -0.39 is 5.97 Å². The highest BCUT2D eigenvalue weighted by molar-refractivity contribution is 5.93. The molecule has 1 fully saturated rings.